The van der Waals surface area contributed by atoms with Gasteiger partial charge in [-0.1, -0.05) is 18.6 Å². The van der Waals surface area contributed by atoms with E-state index in [1.54, 1.807) is 6.07 Å². The van der Waals surface area contributed by atoms with E-state index < -0.39 is 15.8 Å². The second kappa shape index (κ2) is 10.7. The number of hydrogen-bond donors (Lipinski definition) is 2. The van der Waals surface area contributed by atoms with Gasteiger partial charge in [0.25, 0.3) is 11.4 Å². The molecule has 0 aliphatic carbocycles. The van der Waals surface area contributed by atoms with Gasteiger partial charge in [-0.05, 0) is 55.8 Å². The predicted octanol–water partition coefficient (Wildman–Crippen LogP) is 3.89. The summed E-state index contributed by atoms with van der Waals surface area (Å²) < 4.78 is 0. The molecule has 0 bridgehead atoms. The SMILES string of the molecule is C1CCNCC1.O=C(O)/C(=C/c1ccccc1[N+](=O)[O-])c1ccc([N+](=O)[O-])cc1. The molecule has 0 amide bonds. The highest BCUT2D eigenvalue weighted by molar-refractivity contribution is 6.20. The lowest BCUT2D eigenvalue weighted by molar-refractivity contribution is -0.385. The number of rotatable bonds is 5. The van der Waals surface area contributed by atoms with Gasteiger partial charge in [-0.3, -0.25) is 20.2 Å². The van der Waals surface area contributed by atoms with E-state index in [1.165, 1.54) is 80.9 Å². The zero-order valence-electron chi connectivity index (χ0n) is 15.6. The fourth-order valence-electron chi connectivity index (χ4n) is 2.76. The van der Waals surface area contributed by atoms with Crippen molar-refractivity contribution in [1.29, 1.82) is 0 Å². The summed E-state index contributed by atoms with van der Waals surface area (Å²) >= 11 is 0. The molecule has 1 fully saturated rings. The summed E-state index contributed by atoms with van der Waals surface area (Å²) in [5, 5.41) is 34.2. The molecule has 29 heavy (non-hydrogen) atoms. The maximum Gasteiger partial charge on any atom is 0.336 e. The van der Waals surface area contributed by atoms with Crippen molar-refractivity contribution in [3.8, 4) is 0 Å². The molecule has 152 valence electrons. The molecule has 1 aliphatic rings. The van der Waals surface area contributed by atoms with Crippen LogP contribution >= 0.6 is 0 Å². The predicted molar refractivity (Wildman–Crippen MR) is 108 cm³/mol. The van der Waals surface area contributed by atoms with E-state index in [0.717, 1.165) is 0 Å². The summed E-state index contributed by atoms with van der Waals surface area (Å²) in [5.74, 6) is -1.29. The van der Waals surface area contributed by atoms with Crippen molar-refractivity contribution in [1.82, 2.24) is 5.32 Å². The number of nitro groups is 2. The topological polar surface area (TPSA) is 136 Å². The number of non-ortho nitro benzene ring substituents is 1. The number of nitrogens with one attached hydrogen (secondary N) is 1. The van der Waals surface area contributed by atoms with Crippen molar-refractivity contribution in [2.45, 2.75) is 19.3 Å². The second-order valence-corrected chi connectivity index (χ2v) is 6.29. The van der Waals surface area contributed by atoms with Crippen LogP contribution in [0, 0.1) is 20.2 Å². The molecule has 0 unspecified atom stereocenters. The number of carbonyl (C=O) groups is 1. The van der Waals surface area contributed by atoms with Crippen LogP contribution in [0.5, 0.6) is 0 Å². The molecule has 0 spiro atoms. The maximum atomic E-state index is 11.4. The Morgan fingerprint density at radius 1 is 0.931 bits per heavy atom. The Kier molecular flexibility index (Phi) is 7.99. The van der Waals surface area contributed by atoms with Gasteiger partial charge in [-0.15, -0.1) is 0 Å². The van der Waals surface area contributed by atoms with Gasteiger partial charge in [0.2, 0.25) is 0 Å². The molecular weight excluding hydrogens is 378 g/mol. The van der Waals surface area contributed by atoms with E-state index in [0.29, 0.717) is 0 Å². The van der Waals surface area contributed by atoms with Crippen LogP contribution in [0.4, 0.5) is 11.4 Å². The summed E-state index contributed by atoms with van der Waals surface area (Å²) in [6.45, 7) is 2.50. The number of benzene rings is 2. The number of piperidine rings is 1. The Bertz CT molecular complexity index is 893. The molecule has 3 rings (SSSR count). The molecule has 0 atom stereocenters. The summed E-state index contributed by atoms with van der Waals surface area (Å²) in [4.78, 5) is 31.8. The average molecular weight is 399 g/mol. The highest BCUT2D eigenvalue weighted by Gasteiger charge is 2.16. The van der Waals surface area contributed by atoms with E-state index in [2.05, 4.69) is 5.32 Å². The summed E-state index contributed by atoms with van der Waals surface area (Å²) in [6, 6.07) is 10.6. The number of carboxylic acids is 1. The fourth-order valence-corrected chi connectivity index (χ4v) is 2.76. The van der Waals surface area contributed by atoms with Gasteiger partial charge < -0.3 is 10.4 Å². The monoisotopic (exact) mass is 399 g/mol. The minimum atomic E-state index is -1.29. The molecule has 1 heterocycles. The van der Waals surface area contributed by atoms with Crippen LogP contribution in [-0.4, -0.2) is 34.0 Å². The molecule has 1 saturated heterocycles. The summed E-state index contributed by atoms with van der Waals surface area (Å²) in [6.07, 6.45) is 5.38. The molecule has 2 N–H and O–H groups in total. The first-order valence-electron chi connectivity index (χ1n) is 9.04. The first kappa shape index (κ1) is 21.7. The van der Waals surface area contributed by atoms with Crippen LogP contribution in [0.15, 0.2) is 48.5 Å². The highest BCUT2D eigenvalue weighted by atomic mass is 16.6. The molecule has 0 radical (unpaired) electrons. The zero-order valence-corrected chi connectivity index (χ0v) is 15.6. The Morgan fingerprint density at radius 2 is 1.55 bits per heavy atom. The lowest BCUT2D eigenvalue weighted by Gasteiger charge is -2.08. The molecule has 9 nitrogen and oxygen atoms in total. The first-order valence-corrected chi connectivity index (χ1v) is 9.04. The minimum absolute atomic E-state index is 0.133. The van der Waals surface area contributed by atoms with Gasteiger partial charge in [0.05, 0.1) is 21.0 Å². The van der Waals surface area contributed by atoms with Crippen molar-refractivity contribution < 1.29 is 19.7 Å². The average Bonchev–Trinajstić information content (AvgIpc) is 2.74. The maximum absolute atomic E-state index is 11.4. The Labute approximate surface area is 167 Å². The van der Waals surface area contributed by atoms with Crippen molar-refractivity contribution in [2.75, 3.05) is 13.1 Å². The van der Waals surface area contributed by atoms with E-state index in [9.17, 15) is 30.1 Å². The normalized spacial score (nSPS) is 13.7. The van der Waals surface area contributed by atoms with E-state index >= 15 is 0 Å². The molecular formula is C20H21N3O6. The van der Waals surface area contributed by atoms with Crippen LogP contribution in [0.25, 0.3) is 11.6 Å². The third-order valence-electron chi connectivity index (χ3n) is 4.26. The largest absolute Gasteiger partial charge is 0.478 e. The number of carboxylic acid groups (broad SMARTS) is 1. The molecule has 9 heteroatoms. The van der Waals surface area contributed by atoms with Gasteiger partial charge in [0.15, 0.2) is 0 Å². The quantitative estimate of drug-likeness (QED) is 0.337. The number of para-hydroxylation sites is 1. The lowest BCUT2D eigenvalue weighted by atomic mass is 10.0. The second-order valence-electron chi connectivity index (χ2n) is 6.29. The van der Waals surface area contributed by atoms with E-state index in [4.69, 9.17) is 0 Å². The van der Waals surface area contributed by atoms with Gasteiger partial charge in [-0.25, -0.2) is 4.79 Å². The molecule has 1 aliphatic heterocycles. The van der Waals surface area contributed by atoms with Crippen molar-refractivity contribution in [2.24, 2.45) is 0 Å². The molecule has 0 aromatic heterocycles. The number of aliphatic carboxylic acids is 1. The van der Waals surface area contributed by atoms with Crippen molar-refractivity contribution >= 4 is 29.0 Å². The molecule has 0 saturated carbocycles. The van der Waals surface area contributed by atoms with Crippen LogP contribution < -0.4 is 5.32 Å². The summed E-state index contributed by atoms with van der Waals surface area (Å²) in [5.41, 5.74) is -0.263. The standard InChI is InChI=1S/C15H10N2O6.C5H11N/c18-15(19)13(10-5-7-12(8-6-10)16(20)21)9-11-3-1-2-4-14(11)17(22)23;1-2-4-6-5-3-1/h1-9H,(H,18,19);6H,1-5H2/b13-9+;. The first-order chi connectivity index (χ1) is 13.9. The van der Waals surface area contributed by atoms with Crippen LogP contribution in [0.2, 0.25) is 0 Å². The van der Waals surface area contributed by atoms with Crippen molar-refractivity contribution in [3.63, 3.8) is 0 Å². The van der Waals surface area contributed by atoms with Crippen LogP contribution in [0.1, 0.15) is 30.4 Å². The number of nitro benzene ring substituents is 2. The van der Waals surface area contributed by atoms with Crippen LogP contribution in [0.3, 0.4) is 0 Å². The number of nitrogens with zero attached hydrogens (tertiary/aromatic N) is 2. The lowest BCUT2D eigenvalue weighted by Crippen LogP contribution is -2.21. The molecule has 2 aromatic carbocycles. The minimum Gasteiger partial charge on any atom is -0.478 e. The smallest absolute Gasteiger partial charge is 0.336 e. The highest BCUT2D eigenvalue weighted by Crippen LogP contribution is 2.26. The van der Waals surface area contributed by atoms with Crippen molar-refractivity contribution in [3.05, 3.63) is 79.9 Å². The third kappa shape index (κ3) is 6.51. The van der Waals surface area contributed by atoms with Crippen LogP contribution in [-0.2, 0) is 4.79 Å². The summed E-state index contributed by atoms with van der Waals surface area (Å²) in [7, 11) is 0. The van der Waals surface area contributed by atoms with Gasteiger partial charge in [-0.2, -0.15) is 0 Å². The van der Waals surface area contributed by atoms with Gasteiger partial charge >= 0.3 is 5.97 Å². The Hall–Kier alpha value is -3.59. The van der Waals surface area contributed by atoms with Gasteiger partial charge in [0, 0.05) is 18.2 Å². The third-order valence-corrected chi connectivity index (χ3v) is 4.26. The Balaban J connectivity index is 0.000000426. The zero-order chi connectivity index (χ0) is 21.2. The fraction of sp³-hybridized carbons (Fsp3) is 0.250. The van der Waals surface area contributed by atoms with E-state index in [1.807, 2.05) is 0 Å². The van der Waals surface area contributed by atoms with Gasteiger partial charge in [0.1, 0.15) is 0 Å². The molecule has 2 aromatic rings. The number of hydrogen-bond acceptors (Lipinski definition) is 6. The van der Waals surface area contributed by atoms with E-state index in [-0.39, 0.29) is 28.1 Å². The Morgan fingerprint density at radius 3 is 2.00 bits per heavy atom.